The first kappa shape index (κ1) is 21.2. The van der Waals surface area contributed by atoms with Crippen LogP contribution in [-0.4, -0.2) is 20.5 Å². The molecule has 0 aliphatic heterocycles. The van der Waals surface area contributed by atoms with Crippen LogP contribution in [0.2, 0.25) is 0 Å². The number of anilines is 1. The molecular weight excluding hydrogens is 412 g/mol. The van der Waals surface area contributed by atoms with Crippen molar-refractivity contribution in [2.45, 2.75) is 51.6 Å². The van der Waals surface area contributed by atoms with E-state index in [2.05, 4.69) is 39.7 Å². The minimum absolute atomic E-state index is 0.124. The van der Waals surface area contributed by atoms with Crippen molar-refractivity contribution in [2.75, 3.05) is 5.32 Å². The van der Waals surface area contributed by atoms with Crippen LogP contribution in [0.25, 0.3) is 16.8 Å². The molecule has 0 bridgehead atoms. The van der Waals surface area contributed by atoms with Crippen molar-refractivity contribution in [3.8, 4) is 16.9 Å². The summed E-state index contributed by atoms with van der Waals surface area (Å²) in [4.78, 5) is 16.3. The smallest absolute Gasteiger partial charge is 0.221 e. The van der Waals surface area contributed by atoms with Crippen molar-refractivity contribution < 1.29 is 9.53 Å². The Kier molecular flexibility index (Phi) is 6.07. The Balaban J connectivity index is 1.48. The minimum atomic E-state index is -0.124. The average Bonchev–Trinajstić information content (AvgIpc) is 3.26. The number of nitrogens with zero attached hydrogens (tertiary/aromatic N) is 3. The molecule has 33 heavy (non-hydrogen) atoms. The van der Waals surface area contributed by atoms with Crippen molar-refractivity contribution >= 4 is 17.2 Å². The molecule has 1 aliphatic rings. The van der Waals surface area contributed by atoms with E-state index in [1.54, 1.807) is 6.20 Å². The lowest BCUT2D eigenvalue weighted by molar-refractivity contribution is -0.114. The quantitative estimate of drug-likeness (QED) is 0.400. The predicted octanol–water partition coefficient (Wildman–Crippen LogP) is 5.98. The largest absolute Gasteiger partial charge is 0.489 e. The lowest BCUT2D eigenvalue weighted by Crippen LogP contribution is -2.13. The molecule has 1 amide bonds. The second-order valence-electron chi connectivity index (χ2n) is 8.67. The summed E-state index contributed by atoms with van der Waals surface area (Å²) in [6, 6.07) is 18.4. The lowest BCUT2D eigenvalue weighted by atomic mass is 9.84. The molecule has 0 saturated heterocycles. The van der Waals surface area contributed by atoms with E-state index in [0.717, 1.165) is 35.3 Å². The number of benzene rings is 2. The number of hydrogen-bond acceptors (Lipinski definition) is 4. The van der Waals surface area contributed by atoms with E-state index in [4.69, 9.17) is 4.74 Å². The van der Waals surface area contributed by atoms with E-state index in [-0.39, 0.29) is 5.91 Å². The Morgan fingerprint density at radius 2 is 1.79 bits per heavy atom. The highest BCUT2D eigenvalue weighted by atomic mass is 16.5. The third-order valence-corrected chi connectivity index (χ3v) is 6.28. The van der Waals surface area contributed by atoms with Gasteiger partial charge in [0.2, 0.25) is 5.91 Å². The van der Waals surface area contributed by atoms with Crippen LogP contribution in [0, 0.1) is 0 Å². The summed E-state index contributed by atoms with van der Waals surface area (Å²) < 4.78 is 7.89. The molecule has 0 unspecified atom stereocenters. The molecule has 1 N–H and O–H groups in total. The zero-order chi connectivity index (χ0) is 22.6. The van der Waals surface area contributed by atoms with E-state index in [1.807, 2.05) is 41.0 Å². The van der Waals surface area contributed by atoms with Crippen LogP contribution >= 0.6 is 0 Å². The van der Waals surface area contributed by atoms with Crippen molar-refractivity contribution in [1.82, 2.24) is 14.6 Å². The first-order chi connectivity index (χ1) is 16.2. The highest BCUT2D eigenvalue weighted by molar-refractivity contribution is 5.92. The van der Waals surface area contributed by atoms with Crippen molar-refractivity contribution in [3.63, 3.8) is 0 Å². The van der Waals surface area contributed by atoms with E-state index >= 15 is 0 Å². The van der Waals surface area contributed by atoms with Gasteiger partial charge in [-0.05, 0) is 36.1 Å². The first-order valence-electron chi connectivity index (χ1n) is 11.6. The van der Waals surface area contributed by atoms with Crippen LogP contribution < -0.4 is 10.1 Å². The molecule has 6 nitrogen and oxygen atoms in total. The fourth-order valence-electron chi connectivity index (χ4n) is 4.69. The van der Waals surface area contributed by atoms with Gasteiger partial charge in [-0.15, -0.1) is 0 Å². The third-order valence-electron chi connectivity index (χ3n) is 6.28. The molecule has 2 aromatic heterocycles. The van der Waals surface area contributed by atoms with Crippen LogP contribution in [0.4, 0.5) is 5.69 Å². The molecule has 6 heteroatoms. The SMILES string of the molecule is CC(=O)Nc1cnn2c(C3CCCCC3)c(-c3ccc(OCc4ccccc4)cc3)cnc12. The van der Waals surface area contributed by atoms with Crippen molar-refractivity contribution in [3.05, 3.63) is 78.2 Å². The summed E-state index contributed by atoms with van der Waals surface area (Å²) in [5.74, 6) is 1.13. The number of aromatic nitrogens is 3. The van der Waals surface area contributed by atoms with Crippen molar-refractivity contribution in [2.24, 2.45) is 0 Å². The fourth-order valence-corrected chi connectivity index (χ4v) is 4.69. The normalized spacial score (nSPS) is 14.3. The molecular formula is C27H28N4O2. The molecule has 0 atom stereocenters. The topological polar surface area (TPSA) is 68.5 Å². The van der Waals surface area contributed by atoms with Gasteiger partial charge in [0.25, 0.3) is 0 Å². The summed E-state index contributed by atoms with van der Waals surface area (Å²) in [5.41, 5.74) is 5.84. The van der Waals surface area contributed by atoms with E-state index < -0.39 is 0 Å². The molecule has 168 valence electrons. The number of hydrogen-bond donors (Lipinski definition) is 1. The second-order valence-corrected chi connectivity index (χ2v) is 8.67. The maximum Gasteiger partial charge on any atom is 0.221 e. The highest BCUT2D eigenvalue weighted by Gasteiger charge is 2.24. The van der Waals surface area contributed by atoms with Crippen LogP contribution in [-0.2, 0) is 11.4 Å². The molecule has 0 spiro atoms. The molecule has 0 radical (unpaired) electrons. The van der Waals surface area contributed by atoms with Crippen LogP contribution in [0.1, 0.15) is 56.2 Å². The van der Waals surface area contributed by atoms with Gasteiger partial charge >= 0.3 is 0 Å². The molecule has 1 saturated carbocycles. The van der Waals surface area contributed by atoms with Gasteiger partial charge in [0, 0.05) is 24.6 Å². The molecule has 1 aliphatic carbocycles. The minimum Gasteiger partial charge on any atom is -0.489 e. The van der Waals surface area contributed by atoms with Crippen LogP contribution in [0.15, 0.2) is 67.0 Å². The number of carbonyl (C=O) groups excluding carboxylic acids is 1. The zero-order valence-electron chi connectivity index (χ0n) is 18.8. The van der Waals surface area contributed by atoms with Gasteiger partial charge in [-0.3, -0.25) is 4.79 Å². The van der Waals surface area contributed by atoms with E-state index in [0.29, 0.717) is 23.9 Å². The van der Waals surface area contributed by atoms with E-state index in [9.17, 15) is 4.79 Å². The van der Waals surface area contributed by atoms with Gasteiger partial charge < -0.3 is 10.1 Å². The van der Waals surface area contributed by atoms with Gasteiger partial charge in [-0.2, -0.15) is 5.10 Å². The summed E-state index contributed by atoms with van der Waals surface area (Å²) in [7, 11) is 0. The Bertz CT molecular complexity index is 1240. The number of rotatable bonds is 6. The number of carbonyl (C=O) groups is 1. The standard InChI is InChI=1S/C27H28N4O2/c1-19(32)30-25-17-29-31-26(22-10-6-3-7-11-22)24(16-28-27(25)31)21-12-14-23(15-13-21)33-18-20-8-4-2-5-9-20/h2,4-5,8-9,12-17,22H,3,6-7,10-11,18H2,1H3,(H,30,32). The Morgan fingerprint density at radius 3 is 2.52 bits per heavy atom. The maximum absolute atomic E-state index is 11.6. The lowest BCUT2D eigenvalue weighted by Gasteiger charge is -2.25. The van der Waals surface area contributed by atoms with Crippen molar-refractivity contribution in [1.29, 1.82) is 0 Å². The zero-order valence-corrected chi connectivity index (χ0v) is 18.8. The van der Waals surface area contributed by atoms with Crippen LogP contribution in [0.5, 0.6) is 5.75 Å². The van der Waals surface area contributed by atoms with Gasteiger partial charge in [-0.25, -0.2) is 9.50 Å². The molecule has 2 aromatic carbocycles. The van der Waals surface area contributed by atoms with Gasteiger partial charge in [-0.1, -0.05) is 61.7 Å². The summed E-state index contributed by atoms with van der Waals surface area (Å²) in [6.45, 7) is 2.04. The fraction of sp³-hybridized carbons (Fsp3) is 0.296. The first-order valence-corrected chi connectivity index (χ1v) is 11.6. The monoisotopic (exact) mass is 440 g/mol. The Labute approximate surface area is 193 Å². The summed E-state index contributed by atoms with van der Waals surface area (Å²) >= 11 is 0. The Hall–Kier alpha value is -3.67. The number of amides is 1. The maximum atomic E-state index is 11.6. The number of ether oxygens (including phenoxy) is 1. The van der Waals surface area contributed by atoms with Gasteiger partial charge in [0.15, 0.2) is 5.65 Å². The average molecular weight is 441 g/mol. The molecule has 5 rings (SSSR count). The summed E-state index contributed by atoms with van der Waals surface area (Å²) in [5, 5.41) is 7.48. The number of fused-ring (bicyclic) bond motifs is 1. The van der Waals surface area contributed by atoms with E-state index in [1.165, 1.54) is 31.9 Å². The van der Waals surface area contributed by atoms with Gasteiger partial charge in [0.05, 0.1) is 11.9 Å². The second kappa shape index (κ2) is 9.45. The molecule has 2 heterocycles. The molecule has 1 fully saturated rings. The Morgan fingerprint density at radius 1 is 1.03 bits per heavy atom. The summed E-state index contributed by atoms with van der Waals surface area (Å²) in [6.07, 6.45) is 9.62. The molecule has 4 aromatic rings. The third kappa shape index (κ3) is 4.60. The van der Waals surface area contributed by atoms with Crippen LogP contribution in [0.3, 0.4) is 0 Å². The number of nitrogens with one attached hydrogen (secondary N) is 1. The predicted molar refractivity (Wildman–Crippen MR) is 129 cm³/mol. The van der Waals surface area contributed by atoms with Gasteiger partial charge in [0.1, 0.15) is 18.0 Å². The highest BCUT2D eigenvalue weighted by Crippen LogP contribution is 2.39.